The number of aliphatic hydroxyl groups excluding tert-OH is 1. The number of hydrogen-bond acceptors (Lipinski definition) is 5. The monoisotopic (exact) mass is 587 g/mol. The third-order valence-corrected chi connectivity index (χ3v) is 10.9. The summed E-state index contributed by atoms with van der Waals surface area (Å²) in [5, 5.41) is 10.7. The summed E-state index contributed by atoms with van der Waals surface area (Å²) in [6.07, 6.45) is 4.80. The fourth-order valence-electron chi connectivity index (χ4n) is 7.23. The van der Waals surface area contributed by atoms with E-state index in [1.807, 2.05) is 81.4 Å². The van der Waals surface area contributed by atoms with E-state index in [4.69, 9.17) is 0 Å². The van der Waals surface area contributed by atoms with Gasteiger partial charge in [-0.3, -0.25) is 14.4 Å². The molecule has 3 amide bonds. The lowest BCUT2D eigenvalue weighted by atomic mass is 9.70. The second kappa shape index (κ2) is 11.7. The van der Waals surface area contributed by atoms with E-state index in [1.54, 1.807) is 38.6 Å². The van der Waals surface area contributed by atoms with Crippen molar-refractivity contribution in [2.45, 2.75) is 61.2 Å². The average molecular weight is 588 g/mol. The minimum atomic E-state index is -0.830. The summed E-state index contributed by atoms with van der Waals surface area (Å²) in [6.45, 7) is 14.0. The number of hydrogen-bond donors (Lipinski definition) is 1. The molecule has 0 aromatic heterocycles. The third kappa shape index (κ3) is 4.88. The number of thioether (sulfide) groups is 1. The molecular formula is C34H41N3O4S. The molecule has 8 heteroatoms. The highest BCUT2D eigenvalue weighted by Crippen LogP contribution is 2.67. The smallest absolute Gasteiger partial charge is 0.247 e. The first-order valence-corrected chi connectivity index (χ1v) is 15.5. The largest absolute Gasteiger partial charge is 0.394 e. The summed E-state index contributed by atoms with van der Waals surface area (Å²) in [6, 6.07) is 17.3. The first kappa shape index (κ1) is 30.1. The van der Waals surface area contributed by atoms with Crippen molar-refractivity contribution in [3.63, 3.8) is 0 Å². The molecule has 222 valence electrons. The Bertz CT molecular complexity index is 1340. The molecule has 0 radical (unpaired) electrons. The highest BCUT2D eigenvalue weighted by molar-refractivity contribution is 8.02. The van der Waals surface area contributed by atoms with Gasteiger partial charge in [-0.15, -0.1) is 24.9 Å². The molecule has 2 aromatic carbocycles. The van der Waals surface area contributed by atoms with Gasteiger partial charge in [0, 0.05) is 29.6 Å². The summed E-state index contributed by atoms with van der Waals surface area (Å²) in [5.41, 5.74) is 0.982. The number of benzene rings is 2. The van der Waals surface area contributed by atoms with Crippen molar-refractivity contribution >= 4 is 35.2 Å². The molecule has 1 N–H and O–H groups in total. The number of amides is 3. The number of aliphatic hydroxyl groups is 1. The molecule has 0 saturated carbocycles. The van der Waals surface area contributed by atoms with E-state index in [9.17, 15) is 19.5 Å². The minimum absolute atomic E-state index is 0.0771. The third-order valence-electron chi connectivity index (χ3n) is 8.98. The van der Waals surface area contributed by atoms with Crippen LogP contribution in [0.4, 0.5) is 5.69 Å². The Morgan fingerprint density at radius 3 is 2.24 bits per heavy atom. The van der Waals surface area contributed by atoms with Crippen molar-refractivity contribution in [3.05, 3.63) is 91.5 Å². The van der Waals surface area contributed by atoms with Gasteiger partial charge in [-0.1, -0.05) is 60.7 Å². The van der Waals surface area contributed by atoms with E-state index < -0.39 is 34.2 Å². The molecule has 42 heavy (non-hydrogen) atoms. The Kier molecular flexibility index (Phi) is 8.41. The van der Waals surface area contributed by atoms with Crippen LogP contribution in [0.15, 0.2) is 86.0 Å². The summed E-state index contributed by atoms with van der Waals surface area (Å²) >= 11 is 1.64. The van der Waals surface area contributed by atoms with E-state index in [0.717, 1.165) is 17.7 Å². The van der Waals surface area contributed by atoms with Crippen LogP contribution >= 0.6 is 11.8 Å². The molecule has 3 aliphatic rings. The fraction of sp³-hybridized carbons (Fsp3) is 0.441. The van der Waals surface area contributed by atoms with E-state index >= 15 is 0 Å². The normalized spacial score (nSPS) is 27.0. The lowest BCUT2D eigenvalue weighted by molar-refractivity contribution is -0.148. The van der Waals surface area contributed by atoms with Gasteiger partial charge in [0.05, 0.1) is 29.2 Å². The number of rotatable bonds is 10. The molecule has 3 heterocycles. The van der Waals surface area contributed by atoms with Gasteiger partial charge in [-0.25, -0.2) is 0 Å². The van der Waals surface area contributed by atoms with Crippen LogP contribution in [0.5, 0.6) is 0 Å². The number of likely N-dealkylation sites (tertiary alicyclic amines) is 1. The maximum Gasteiger partial charge on any atom is 0.247 e. The Hall–Kier alpha value is -3.36. The molecule has 6 atom stereocenters. The van der Waals surface area contributed by atoms with Crippen molar-refractivity contribution in [3.8, 4) is 0 Å². The Morgan fingerprint density at radius 2 is 1.67 bits per heavy atom. The van der Waals surface area contributed by atoms with Gasteiger partial charge in [0.2, 0.25) is 17.7 Å². The zero-order chi connectivity index (χ0) is 30.2. The molecular weight excluding hydrogens is 546 g/mol. The van der Waals surface area contributed by atoms with Crippen LogP contribution in [0.2, 0.25) is 0 Å². The summed E-state index contributed by atoms with van der Waals surface area (Å²) < 4.78 is -0.775. The molecule has 3 aliphatic heterocycles. The number of fused-ring (bicyclic) bond motifs is 1. The van der Waals surface area contributed by atoms with Crippen molar-refractivity contribution in [1.29, 1.82) is 0 Å². The molecule has 3 saturated heterocycles. The lowest BCUT2D eigenvalue weighted by Gasteiger charge is -2.43. The quantitative estimate of drug-likeness (QED) is 0.403. The van der Waals surface area contributed by atoms with Crippen LogP contribution in [0.25, 0.3) is 0 Å². The van der Waals surface area contributed by atoms with Crippen molar-refractivity contribution in [1.82, 2.24) is 9.80 Å². The predicted octanol–water partition coefficient (Wildman–Crippen LogP) is 4.84. The number of carbonyl (C=O) groups excluding carboxylic acids is 3. The maximum absolute atomic E-state index is 14.7. The first-order valence-electron chi connectivity index (χ1n) is 14.7. The number of carbonyl (C=O) groups is 3. The Balaban J connectivity index is 1.63. The van der Waals surface area contributed by atoms with Crippen LogP contribution < -0.4 is 4.90 Å². The highest BCUT2D eigenvalue weighted by atomic mass is 32.2. The van der Waals surface area contributed by atoms with Crippen LogP contribution in [-0.4, -0.2) is 73.9 Å². The summed E-state index contributed by atoms with van der Waals surface area (Å²) in [5.74, 6) is -1.79. The topological polar surface area (TPSA) is 81.2 Å². The van der Waals surface area contributed by atoms with Gasteiger partial charge >= 0.3 is 0 Å². The number of para-hydroxylation sites is 1. The van der Waals surface area contributed by atoms with Crippen LogP contribution in [0, 0.1) is 11.8 Å². The molecule has 7 nitrogen and oxygen atoms in total. The summed E-state index contributed by atoms with van der Waals surface area (Å²) in [7, 11) is 0. The van der Waals surface area contributed by atoms with Gasteiger partial charge in [0.1, 0.15) is 6.04 Å². The molecule has 2 aromatic rings. The second-order valence-electron chi connectivity index (χ2n) is 12.4. The Morgan fingerprint density at radius 1 is 1.05 bits per heavy atom. The highest BCUT2D eigenvalue weighted by Gasteiger charge is 2.75. The molecule has 0 aliphatic carbocycles. The van der Waals surface area contributed by atoms with E-state index in [-0.39, 0.29) is 29.6 Å². The number of anilines is 1. The SMILES string of the molecule is C=CCN(C(=O)[C@@H]1[C@@H]2CCC3(S2)C(C(=O)N(CC=C)C(C)(C)C)N([C@H](CO)c2ccccc2)C(=O)[C@H]13)c1ccccc1. The van der Waals surface area contributed by atoms with Crippen LogP contribution in [0.3, 0.4) is 0 Å². The fourth-order valence-corrected chi connectivity index (χ4v) is 9.42. The zero-order valence-electron chi connectivity index (χ0n) is 24.7. The zero-order valence-corrected chi connectivity index (χ0v) is 25.5. The van der Waals surface area contributed by atoms with Gasteiger partial charge in [-0.05, 0) is 51.3 Å². The van der Waals surface area contributed by atoms with Gasteiger partial charge in [0.15, 0.2) is 0 Å². The van der Waals surface area contributed by atoms with Gasteiger partial charge in [-0.2, -0.15) is 0 Å². The molecule has 1 spiro atoms. The second-order valence-corrected chi connectivity index (χ2v) is 14.0. The molecule has 3 fully saturated rings. The average Bonchev–Trinajstić information content (AvgIpc) is 3.62. The van der Waals surface area contributed by atoms with Crippen molar-refractivity contribution in [2.75, 3.05) is 24.6 Å². The minimum Gasteiger partial charge on any atom is -0.394 e. The van der Waals surface area contributed by atoms with Gasteiger partial charge < -0.3 is 19.8 Å². The molecule has 5 rings (SSSR count). The predicted molar refractivity (Wildman–Crippen MR) is 168 cm³/mol. The molecule has 2 bridgehead atoms. The van der Waals surface area contributed by atoms with Crippen LogP contribution in [-0.2, 0) is 14.4 Å². The van der Waals surface area contributed by atoms with E-state index in [2.05, 4.69) is 13.2 Å². The maximum atomic E-state index is 14.7. The number of nitrogens with zero attached hydrogens (tertiary/aromatic N) is 3. The standard InChI is InChI=1S/C34H41N3O4S/c1-6-20-35(24-16-12-9-13-17-24)30(39)27-26-18-19-34(42-26)28(27)31(40)37(25(22-38)23-14-10-8-11-15-23)29(34)32(41)36(21-7-2)33(3,4)5/h6-17,25-29,38H,1-2,18-22H2,3-5H3/t25-,26+,27-,28+,29?,34?/m1/s1. The van der Waals surface area contributed by atoms with E-state index in [1.165, 1.54) is 0 Å². The summed E-state index contributed by atoms with van der Waals surface area (Å²) in [4.78, 5) is 49.0. The first-order chi connectivity index (χ1) is 20.1. The van der Waals surface area contributed by atoms with Crippen molar-refractivity contribution in [2.24, 2.45) is 11.8 Å². The van der Waals surface area contributed by atoms with Crippen molar-refractivity contribution < 1.29 is 19.5 Å². The molecule has 2 unspecified atom stereocenters. The van der Waals surface area contributed by atoms with Gasteiger partial charge in [0.25, 0.3) is 0 Å². The van der Waals surface area contributed by atoms with Crippen LogP contribution in [0.1, 0.15) is 45.2 Å². The lowest BCUT2D eigenvalue weighted by Crippen LogP contribution is -2.59. The van der Waals surface area contributed by atoms with E-state index in [0.29, 0.717) is 19.5 Å². The Labute approximate surface area is 253 Å².